The SMILES string of the molecule is Cc1ccc2c(CC(=O)OCC(=O)Nc3ccc(Br)cc3C)coc2c1. The highest BCUT2D eigenvalue weighted by atomic mass is 79.9. The van der Waals surface area contributed by atoms with Crippen LogP contribution in [0.4, 0.5) is 5.69 Å². The van der Waals surface area contributed by atoms with E-state index in [1.54, 1.807) is 12.3 Å². The van der Waals surface area contributed by atoms with Gasteiger partial charge in [0.2, 0.25) is 0 Å². The third-order valence-electron chi connectivity index (χ3n) is 3.97. The van der Waals surface area contributed by atoms with E-state index in [0.717, 1.165) is 32.1 Å². The number of esters is 1. The molecule has 26 heavy (non-hydrogen) atoms. The summed E-state index contributed by atoms with van der Waals surface area (Å²) < 4.78 is 11.5. The molecular formula is C20H18BrNO4. The molecule has 0 atom stereocenters. The number of nitrogens with one attached hydrogen (secondary N) is 1. The van der Waals surface area contributed by atoms with Gasteiger partial charge in [0.05, 0.1) is 12.7 Å². The zero-order valence-corrected chi connectivity index (χ0v) is 16.1. The Balaban J connectivity index is 1.55. The van der Waals surface area contributed by atoms with Gasteiger partial charge in [0.25, 0.3) is 5.91 Å². The Morgan fingerprint density at radius 2 is 1.96 bits per heavy atom. The van der Waals surface area contributed by atoms with Gasteiger partial charge in [-0.1, -0.05) is 28.1 Å². The Kier molecular flexibility index (Phi) is 5.42. The molecule has 0 bridgehead atoms. The molecule has 0 unspecified atom stereocenters. The maximum absolute atomic E-state index is 12.0. The van der Waals surface area contributed by atoms with Crippen LogP contribution in [0.15, 0.2) is 51.6 Å². The van der Waals surface area contributed by atoms with E-state index in [4.69, 9.17) is 9.15 Å². The van der Waals surface area contributed by atoms with E-state index in [1.807, 2.05) is 44.2 Å². The van der Waals surface area contributed by atoms with E-state index < -0.39 is 5.97 Å². The number of hydrogen-bond donors (Lipinski definition) is 1. The van der Waals surface area contributed by atoms with Gasteiger partial charge in [0.15, 0.2) is 6.61 Å². The number of benzene rings is 2. The summed E-state index contributed by atoms with van der Waals surface area (Å²) in [5.74, 6) is -0.854. The second-order valence-corrected chi connectivity index (χ2v) is 7.02. The summed E-state index contributed by atoms with van der Waals surface area (Å²) in [7, 11) is 0. The summed E-state index contributed by atoms with van der Waals surface area (Å²) in [4.78, 5) is 24.0. The lowest BCUT2D eigenvalue weighted by Crippen LogP contribution is -2.22. The molecule has 0 aliphatic carbocycles. The maximum atomic E-state index is 12.0. The minimum absolute atomic E-state index is 0.0562. The quantitative estimate of drug-likeness (QED) is 0.621. The molecule has 0 aliphatic rings. The van der Waals surface area contributed by atoms with Crippen molar-refractivity contribution in [2.75, 3.05) is 11.9 Å². The highest BCUT2D eigenvalue weighted by Crippen LogP contribution is 2.23. The van der Waals surface area contributed by atoms with Crippen LogP contribution in [0.1, 0.15) is 16.7 Å². The standard InChI is InChI=1S/C20H18BrNO4/c1-12-3-5-16-14(10-25-18(16)7-12)9-20(24)26-11-19(23)22-17-6-4-15(21)8-13(17)2/h3-8,10H,9,11H2,1-2H3,(H,22,23). The van der Waals surface area contributed by atoms with Gasteiger partial charge in [-0.15, -0.1) is 0 Å². The molecule has 1 aromatic heterocycles. The number of aryl methyl sites for hydroxylation is 2. The third kappa shape index (κ3) is 4.32. The lowest BCUT2D eigenvalue weighted by Gasteiger charge is -2.09. The molecule has 0 radical (unpaired) electrons. The first-order valence-electron chi connectivity index (χ1n) is 8.11. The smallest absolute Gasteiger partial charge is 0.310 e. The number of hydrogen-bond acceptors (Lipinski definition) is 4. The van der Waals surface area contributed by atoms with Crippen molar-refractivity contribution in [3.63, 3.8) is 0 Å². The number of carbonyl (C=O) groups excluding carboxylic acids is 2. The normalized spacial score (nSPS) is 10.7. The summed E-state index contributed by atoms with van der Waals surface area (Å²) >= 11 is 3.37. The van der Waals surface area contributed by atoms with Crippen molar-refractivity contribution < 1.29 is 18.7 Å². The van der Waals surface area contributed by atoms with Gasteiger partial charge in [0, 0.05) is 21.1 Å². The number of rotatable bonds is 5. The van der Waals surface area contributed by atoms with Crippen LogP contribution in [0.3, 0.4) is 0 Å². The first-order chi connectivity index (χ1) is 12.4. The molecule has 3 aromatic rings. The molecule has 0 saturated heterocycles. The highest BCUT2D eigenvalue weighted by Gasteiger charge is 2.13. The van der Waals surface area contributed by atoms with Crippen molar-refractivity contribution in [2.45, 2.75) is 20.3 Å². The van der Waals surface area contributed by atoms with Gasteiger partial charge >= 0.3 is 5.97 Å². The number of furan rings is 1. The fourth-order valence-corrected chi connectivity index (χ4v) is 3.11. The fraction of sp³-hybridized carbons (Fsp3) is 0.200. The number of ether oxygens (including phenoxy) is 1. The molecule has 3 rings (SSSR count). The molecule has 134 valence electrons. The van der Waals surface area contributed by atoms with Crippen molar-refractivity contribution in [2.24, 2.45) is 0 Å². The summed E-state index contributed by atoms with van der Waals surface area (Å²) in [5, 5.41) is 3.61. The van der Waals surface area contributed by atoms with Gasteiger partial charge in [-0.3, -0.25) is 9.59 Å². The van der Waals surface area contributed by atoms with E-state index in [1.165, 1.54) is 0 Å². The predicted molar refractivity (Wildman–Crippen MR) is 103 cm³/mol. The summed E-state index contributed by atoms with van der Waals surface area (Å²) in [6, 6.07) is 11.3. The van der Waals surface area contributed by atoms with Crippen LogP contribution in [-0.4, -0.2) is 18.5 Å². The van der Waals surface area contributed by atoms with Crippen LogP contribution in [0.25, 0.3) is 11.0 Å². The van der Waals surface area contributed by atoms with Crippen molar-refractivity contribution in [3.05, 3.63) is 63.8 Å². The van der Waals surface area contributed by atoms with Crippen molar-refractivity contribution in [3.8, 4) is 0 Å². The average Bonchev–Trinajstić information content (AvgIpc) is 2.97. The predicted octanol–water partition coefficient (Wildman–Crippen LogP) is 4.54. The zero-order valence-electron chi connectivity index (χ0n) is 14.5. The third-order valence-corrected chi connectivity index (χ3v) is 4.47. The topological polar surface area (TPSA) is 68.5 Å². The lowest BCUT2D eigenvalue weighted by atomic mass is 10.1. The van der Waals surface area contributed by atoms with Gasteiger partial charge < -0.3 is 14.5 Å². The maximum Gasteiger partial charge on any atom is 0.310 e. The molecule has 0 fully saturated rings. The minimum Gasteiger partial charge on any atom is -0.464 e. The van der Waals surface area contributed by atoms with Gasteiger partial charge in [-0.2, -0.15) is 0 Å². The van der Waals surface area contributed by atoms with Crippen molar-refractivity contribution >= 4 is 44.5 Å². The molecular weight excluding hydrogens is 398 g/mol. The molecule has 5 nitrogen and oxygen atoms in total. The Bertz CT molecular complexity index is 977. The van der Waals surface area contributed by atoms with Crippen LogP contribution in [0, 0.1) is 13.8 Å². The van der Waals surface area contributed by atoms with Crippen molar-refractivity contribution in [1.82, 2.24) is 0 Å². The molecule has 1 heterocycles. The number of anilines is 1. The van der Waals surface area contributed by atoms with Crippen molar-refractivity contribution in [1.29, 1.82) is 0 Å². The van der Waals surface area contributed by atoms with E-state index in [0.29, 0.717) is 5.69 Å². The van der Waals surface area contributed by atoms with Gasteiger partial charge in [0.1, 0.15) is 5.58 Å². The average molecular weight is 416 g/mol. The van der Waals surface area contributed by atoms with E-state index in [9.17, 15) is 9.59 Å². The molecule has 0 spiro atoms. The second-order valence-electron chi connectivity index (χ2n) is 6.11. The first kappa shape index (κ1) is 18.2. The number of fused-ring (bicyclic) bond motifs is 1. The molecule has 1 N–H and O–H groups in total. The molecule has 0 aliphatic heterocycles. The van der Waals surface area contributed by atoms with Gasteiger partial charge in [-0.05, 0) is 49.2 Å². The Hall–Kier alpha value is -2.60. The summed E-state index contributed by atoms with van der Waals surface area (Å²) in [6.45, 7) is 3.53. The van der Waals surface area contributed by atoms with Crippen LogP contribution in [0.2, 0.25) is 0 Å². The first-order valence-corrected chi connectivity index (χ1v) is 8.90. The highest BCUT2D eigenvalue weighted by molar-refractivity contribution is 9.10. The van der Waals surface area contributed by atoms with Crippen LogP contribution >= 0.6 is 15.9 Å². The Labute approximate surface area is 159 Å². The molecule has 1 amide bonds. The lowest BCUT2D eigenvalue weighted by molar-refractivity contribution is -0.146. The number of amides is 1. The zero-order chi connectivity index (χ0) is 18.7. The van der Waals surface area contributed by atoms with Crippen LogP contribution in [0.5, 0.6) is 0 Å². The largest absolute Gasteiger partial charge is 0.464 e. The Morgan fingerprint density at radius 3 is 2.73 bits per heavy atom. The van der Waals surface area contributed by atoms with Crippen LogP contribution in [-0.2, 0) is 20.7 Å². The molecule has 6 heteroatoms. The second kappa shape index (κ2) is 7.74. The van der Waals surface area contributed by atoms with E-state index >= 15 is 0 Å². The van der Waals surface area contributed by atoms with Crippen LogP contribution < -0.4 is 5.32 Å². The monoisotopic (exact) mass is 415 g/mol. The molecule has 0 saturated carbocycles. The van der Waals surface area contributed by atoms with E-state index in [2.05, 4.69) is 21.2 Å². The fourth-order valence-electron chi connectivity index (χ4n) is 2.63. The summed E-state index contributed by atoms with van der Waals surface area (Å²) in [6.07, 6.45) is 1.61. The number of halogens is 1. The summed E-state index contributed by atoms with van der Waals surface area (Å²) in [5.41, 5.74) is 4.16. The minimum atomic E-state index is -0.476. The molecule has 2 aromatic carbocycles. The van der Waals surface area contributed by atoms with Gasteiger partial charge in [-0.25, -0.2) is 0 Å². The van der Waals surface area contributed by atoms with E-state index in [-0.39, 0.29) is 18.9 Å². The Morgan fingerprint density at radius 1 is 1.15 bits per heavy atom. The number of carbonyl (C=O) groups is 2.